The van der Waals surface area contributed by atoms with E-state index in [4.69, 9.17) is 4.74 Å². The number of carbonyl (C=O) groups excluding carboxylic acids is 1. The quantitative estimate of drug-likeness (QED) is 0.743. The summed E-state index contributed by atoms with van der Waals surface area (Å²) in [6.07, 6.45) is 1.39. The molecule has 31 heavy (non-hydrogen) atoms. The number of amides is 1. The number of methoxy groups -OCH3 is 1. The van der Waals surface area contributed by atoms with Crippen molar-refractivity contribution in [3.05, 3.63) is 29.1 Å². The van der Waals surface area contributed by atoms with Crippen LogP contribution in [0.4, 0.5) is 20.4 Å². The number of halogens is 2. The molecule has 2 aliphatic heterocycles. The minimum absolute atomic E-state index is 0.0452. The molecule has 4 heterocycles. The third-order valence-electron chi connectivity index (χ3n) is 6.18. The first kappa shape index (κ1) is 21.6. The average molecular weight is 435 g/mol. The molecule has 168 valence electrons. The fourth-order valence-corrected chi connectivity index (χ4v) is 4.18. The van der Waals surface area contributed by atoms with Gasteiger partial charge in [-0.3, -0.25) is 9.89 Å². The van der Waals surface area contributed by atoms with Crippen molar-refractivity contribution in [2.24, 2.45) is 0 Å². The topological polar surface area (TPSA) is 99.3 Å². The van der Waals surface area contributed by atoms with Gasteiger partial charge in [0, 0.05) is 38.6 Å². The number of hydrogen-bond acceptors (Lipinski definition) is 7. The van der Waals surface area contributed by atoms with Crippen molar-refractivity contribution >= 4 is 17.5 Å². The van der Waals surface area contributed by atoms with Crippen LogP contribution in [0.25, 0.3) is 0 Å². The maximum Gasteiger partial charge on any atom is 0.261 e. The molecule has 1 amide bonds. The third kappa shape index (κ3) is 3.76. The van der Waals surface area contributed by atoms with Crippen LogP contribution in [-0.4, -0.2) is 68.8 Å². The number of piperidine rings is 1. The van der Waals surface area contributed by atoms with Gasteiger partial charge >= 0.3 is 0 Å². The molecule has 9 nitrogen and oxygen atoms in total. The van der Waals surface area contributed by atoms with Crippen LogP contribution in [0.5, 0.6) is 0 Å². The van der Waals surface area contributed by atoms with E-state index in [1.165, 1.54) is 7.11 Å². The van der Waals surface area contributed by atoms with Gasteiger partial charge in [0.05, 0.1) is 24.0 Å². The van der Waals surface area contributed by atoms with E-state index in [1.54, 1.807) is 4.90 Å². The standard InChI is InChI=1S/C20H27F2N7O2/c1-19(2)15-12(10-29(19)18(30)20(22)5-7-28(3)8-6-20)16(27-26-15)25-17-13(21)9-23-14(24-17)11-31-4/h9H,5-8,10-11H2,1-4H3,(H2,23,24,25,26,27). The molecule has 1 saturated heterocycles. The number of aromatic nitrogens is 4. The number of likely N-dealkylation sites (tertiary alicyclic amines) is 1. The molecule has 2 aromatic rings. The second-order valence-electron chi connectivity index (χ2n) is 8.69. The van der Waals surface area contributed by atoms with Crippen LogP contribution in [0.15, 0.2) is 6.20 Å². The molecule has 2 aliphatic rings. The van der Waals surface area contributed by atoms with E-state index in [-0.39, 0.29) is 31.8 Å². The van der Waals surface area contributed by atoms with E-state index < -0.39 is 22.9 Å². The first-order chi connectivity index (χ1) is 14.7. The van der Waals surface area contributed by atoms with Crippen molar-refractivity contribution in [1.29, 1.82) is 0 Å². The first-order valence-electron chi connectivity index (χ1n) is 10.2. The van der Waals surface area contributed by atoms with Crippen LogP contribution < -0.4 is 5.32 Å². The van der Waals surface area contributed by atoms with Crippen molar-refractivity contribution < 1.29 is 18.3 Å². The summed E-state index contributed by atoms with van der Waals surface area (Å²) in [4.78, 5) is 24.8. The lowest BCUT2D eigenvalue weighted by Gasteiger charge is -2.40. The summed E-state index contributed by atoms with van der Waals surface area (Å²) >= 11 is 0. The van der Waals surface area contributed by atoms with Gasteiger partial charge < -0.3 is 19.9 Å². The highest BCUT2D eigenvalue weighted by molar-refractivity contribution is 5.87. The molecule has 0 spiro atoms. The molecule has 0 saturated carbocycles. The van der Waals surface area contributed by atoms with Gasteiger partial charge in [0.2, 0.25) is 0 Å². The van der Waals surface area contributed by atoms with Crippen molar-refractivity contribution in [1.82, 2.24) is 30.0 Å². The zero-order chi connectivity index (χ0) is 22.4. The average Bonchev–Trinajstić information content (AvgIpc) is 3.25. The Bertz CT molecular complexity index is 986. The lowest BCUT2D eigenvalue weighted by molar-refractivity contribution is -0.153. The monoisotopic (exact) mass is 435 g/mol. The summed E-state index contributed by atoms with van der Waals surface area (Å²) in [7, 11) is 3.42. The molecule has 2 aromatic heterocycles. The Morgan fingerprint density at radius 3 is 2.71 bits per heavy atom. The molecule has 0 atom stereocenters. The summed E-state index contributed by atoms with van der Waals surface area (Å²) in [5.74, 6) is -0.545. The second-order valence-corrected chi connectivity index (χ2v) is 8.69. The number of carbonyl (C=O) groups is 1. The Balaban J connectivity index is 1.59. The molecule has 4 rings (SSSR count). The molecule has 0 aromatic carbocycles. The SMILES string of the molecule is COCc1ncc(F)c(Nc2n[nH]c3c2CN(C(=O)C2(F)CCN(C)CC2)C3(C)C)n1. The molecule has 0 radical (unpaired) electrons. The second kappa shape index (κ2) is 7.79. The van der Waals surface area contributed by atoms with Crippen LogP contribution >= 0.6 is 0 Å². The molecular weight excluding hydrogens is 408 g/mol. The minimum atomic E-state index is -1.89. The van der Waals surface area contributed by atoms with E-state index in [0.717, 1.165) is 6.20 Å². The Morgan fingerprint density at radius 2 is 2.03 bits per heavy atom. The number of anilines is 2. The van der Waals surface area contributed by atoms with Crippen LogP contribution in [0.2, 0.25) is 0 Å². The summed E-state index contributed by atoms with van der Waals surface area (Å²) < 4.78 is 34.8. The molecule has 0 bridgehead atoms. The fourth-order valence-electron chi connectivity index (χ4n) is 4.18. The molecule has 11 heteroatoms. The highest BCUT2D eigenvalue weighted by Gasteiger charge is 2.51. The van der Waals surface area contributed by atoms with E-state index in [1.807, 2.05) is 25.8 Å². The lowest BCUT2D eigenvalue weighted by atomic mass is 9.90. The van der Waals surface area contributed by atoms with E-state index >= 15 is 4.39 Å². The van der Waals surface area contributed by atoms with Crippen molar-refractivity contribution in [2.75, 3.05) is 32.6 Å². The van der Waals surface area contributed by atoms with Crippen LogP contribution in [0.1, 0.15) is 43.8 Å². The predicted molar refractivity (Wildman–Crippen MR) is 109 cm³/mol. The molecule has 0 aliphatic carbocycles. The number of nitrogens with one attached hydrogen (secondary N) is 2. The number of fused-ring (bicyclic) bond motifs is 1. The number of hydrogen-bond donors (Lipinski definition) is 2. The van der Waals surface area contributed by atoms with E-state index in [0.29, 0.717) is 36.0 Å². The highest BCUT2D eigenvalue weighted by Crippen LogP contribution is 2.43. The number of nitrogens with zero attached hydrogens (tertiary/aromatic N) is 5. The predicted octanol–water partition coefficient (Wildman–Crippen LogP) is 2.24. The summed E-state index contributed by atoms with van der Waals surface area (Å²) in [6, 6.07) is 0. The Hall–Kier alpha value is -2.66. The number of rotatable bonds is 5. The van der Waals surface area contributed by atoms with Gasteiger partial charge in [-0.25, -0.2) is 18.7 Å². The van der Waals surface area contributed by atoms with Gasteiger partial charge in [-0.05, 0) is 20.9 Å². The lowest BCUT2D eigenvalue weighted by Crippen LogP contribution is -2.54. The number of H-pyrrole nitrogens is 1. The van der Waals surface area contributed by atoms with Gasteiger partial charge in [0.15, 0.2) is 28.9 Å². The minimum Gasteiger partial charge on any atom is -0.377 e. The van der Waals surface area contributed by atoms with Gasteiger partial charge in [0.25, 0.3) is 5.91 Å². The normalized spacial score (nSPS) is 20.0. The Labute approximate surface area is 179 Å². The van der Waals surface area contributed by atoms with Gasteiger partial charge in [0.1, 0.15) is 6.61 Å². The largest absolute Gasteiger partial charge is 0.377 e. The van der Waals surface area contributed by atoms with Gasteiger partial charge in [-0.1, -0.05) is 0 Å². The fraction of sp³-hybridized carbons (Fsp3) is 0.600. The van der Waals surface area contributed by atoms with Gasteiger partial charge in [-0.15, -0.1) is 0 Å². The molecule has 1 fully saturated rings. The third-order valence-corrected chi connectivity index (χ3v) is 6.18. The molecule has 0 unspecified atom stereocenters. The summed E-state index contributed by atoms with van der Waals surface area (Å²) in [6.45, 7) is 5.06. The maximum absolute atomic E-state index is 15.5. The Kier molecular flexibility index (Phi) is 5.42. The van der Waals surface area contributed by atoms with Crippen LogP contribution in [-0.2, 0) is 28.2 Å². The summed E-state index contributed by atoms with van der Waals surface area (Å²) in [5, 5.41) is 10.1. The van der Waals surface area contributed by atoms with E-state index in [2.05, 4.69) is 25.5 Å². The van der Waals surface area contributed by atoms with Crippen molar-refractivity contribution in [3.8, 4) is 0 Å². The zero-order valence-electron chi connectivity index (χ0n) is 18.1. The molecular formula is C20H27F2N7O2. The van der Waals surface area contributed by atoms with Crippen LogP contribution in [0, 0.1) is 5.82 Å². The number of aromatic amines is 1. The van der Waals surface area contributed by atoms with Crippen LogP contribution in [0.3, 0.4) is 0 Å². The summed E-state index contributed by atoms with van der Waals surface area (Å²) in [5.41, 5.74) is -1.30. The smallest absolute Gasteiger partial charge is 0.261 e. The Morgan fingerprint density at radius 1 is 1.32 bits per heavy atom. The zero-order valence-corrected chi connectivity index (χ0v) is 18.1. The maximum atomic E-state index is 15.5. The molecule has 2 N–H and O–H groups in total. The van der Waals surface area contributed by atoms with Crippen molar-refractivity contribution in [2.45, 2.75) is 51.0 Å². The van der Waals surface area contributed by atoms with Crippen molar-refractivity contribution in [3.63, 3.8) is 0 Å². The van der Waals surface area contributed by atoms with Gasteiger partial charge in [-0.2, -0.15) is 5.10 Å². The first-order valence-corrected chi connectivity index (χ1v) is 10.2. The number of ether oxygens (including phenoxy) is 1. The number of alkyl halides is 1. The highest BCUT2D eigenvalue weighted by atomic mass is 19.1. The van der Waals surface area contributed by atoms with E-state index in [9.17, 15) is 9.18 Å².